The molecule has 3 aromatic carbocycles. The van der Waals surface area contributed by atoms with Crippen LogP contribution in [-0.2, 0) is 0 Å². The highest BCUT2D eigenvalue weighted by Gasteiger charge is 2.24. The summed E-state index contributed by atoms with van der Waals surface area (Å²) < 4.78 is 5.74. The Morgan fingerprint density at radius 2 is 1.68 bits per heavy atom. The van der Waals surface area contributed by atoms with Gasteiger partial charge >= 0.3 is 0 Å². The third-order valence-corrected chi connectivity index (χ3v) is 6.97. The van der Waals surface area contributed by atoms with Crippen LogP contribution in [0.4, 0.5) is 11.4 Å². The second-order valence-corrected chi connectivity index (χ2v) is 9.66. The summed E-state index contributed by atoms with van der Waals surface area (Å²) in [5.41, 5.74) is 3.86. The Kier molecular flexibility index (Phi) is 7.12. The van der Waals surface area contributed by atoms with E-state index in [2.05, 4.69) is 15.5 Å². The van der Waals surface area contributed by atoms with Crippen molar-refractivity contribution in [3.63, 3.8) is 0 Å². The van der Waals surface area contributed by atoms with Crippen molar-refractivity contribution in [2.45, 2.75) is 6.92 Å². The smallest absolute Gasteiger partial charge is 0.289 e. The van der Waals surface area contributed by atoms with Crippen molar-refractivity contribution in [2.75, 3.05) is 36.4 Å². The fourth-order valence-electron chi connectivity index (χ4n) is 4.24. The van der Waals surface area contributed by atoms with Crippen molar-refractivity contribution in [3.05, 3.63) is 94.7 Å². The van der Waals surface area contributed by atoms with Gasteiger partial charge in [0, 0.05) is 53.5 Å². The van der Waals surface area contributed by atoms with Crippen LogP contribution in [0.5, 0.6) is 0 Å². The number of amides is 2. The molecule has 1 aromatic heterocycles. The minimum absolute atomic E-state index is 0.0844. The molecule has 4 aromatic rings. The van der Waals surface area contributed by atoms with Crippen molar-refractivity contribution in [2.24, 2.45) is 0 Å². The van der Waals surface area contributed by atoms with Gasteiger partial charge in [-0.05, 0) is 73.2 Å². The first-order valence-electron chi connectivity index (χ1n) is 11.9. The van der Waals surface area contributed by atoms with E-state index < -0.39 is 0 Å². The minimum atomic E-state index is -0.328. The molecule has 9 heteroatoms. The Labute approximate surface area is 225 Å². The predicted molar refractivity (Wildman–Crippen MR) is 151 cm³/mol. The number of rotatable bonds is 4. The number of carbonyl (C=O) groups excluding carboxylic acids is 2. The first-order valence-corrected chi connectivity index (χ1v) is 12.7. The van der Waals surface area contributed by atoms with Gasteiger partial charge in [0.25, 0.3) is 11.8 Å². The number of aryl methyl sites for hydroxylation is 1. The summed E-state index contributed by atoms with van der Waals surface area (Å²) in [6, 6.07) is 22.3. The highest BCUT2D eigenvalue weighted by atomic mass is 35.5. The lowest BCUT2D eigenvalue weighted by molar-refractivity contribution is 0.0717. The second-order valence-electron chi connectivity index (χ2n) is 8.85. The molecule has 37 heavy (non-hydrogen) atoms. The quantitative estimate of drug-likeness (QED) is 0.339. The van der Waals surface area contributed by atoms with Crippen LogP contribution in [0.15, 0.2) is 77.2 Å². The maximum Gasteiger partial charge on any atom is 0.289 e. The zero-order valence-electron chi connectivity index (χ0n) is 20.2. The minimum Gasteiger partial charge on any atom is -0.451 e. The summed E-state index contributed by atoms with van der Waals surface area (Å²) in [4.78, 5) is 29.4. The molecule has 0 aliphatic carbocycles. The zero-order valence-corrected chi connectivity index (χ0v) is 21.7. The molecular formula is C28H25ClN4O3S. The lowest BCUT2D eigenvalue weighted by Gasteiger charge is -2.35. The molecule has 7 nitrogen and oxygen atoms in total. The summed E-state index contributed by atoms with van der Waals surface area (Å²) >= 11 is 11.4. The molecular weight excluding hydrogens is 508 g/mol. The number of furan rings is 1. The molecule has 188 valence electrons. The van der Waals surface area contributed by atoms with E-state index in [1.807, 2.05) is 60.4 Å². The van der Waals surface area contributed by atoms with E-state index in [-0.39, 0.29) is 16.9 Å². The number of anilines is 2. The molecule has 0 unspecified atom stereocenters. The van der Waals surface area contributed by atoms with E-state index in [0.717, 1.165) is 27.9 Å². The topological polar surface area (TPSA) is 77.8 Å². The van der Waals surface area contributed by atoms with Crippen LogP contribution in [0.2, 0.25) is 5.02 Å². The average Bonchev–Trinajstić information content (AvgIpc) is 3.35. The summed E-state index contributed by atoms with van der Waals surface area (Å²) in [6.45, 7) is 4.52. The van der Waals surface area contributed by atoms with Crippen molar-refractivity contribution in [3.8, 4) is 0 Å². The summed E-state index contributed by atoms with van der Waals surface area (Å²) in [5.74, 6) is -0.0384. The number of nitrogens with zero attached hydrogens (tertiary/aromatic N) is 2. The van der Waals surface area contributed by atoms with Crippen LogP contribution in [0.3, 0.4) is 0 Å². The molecule has 0 atom stereocenters. The maximum absolute atomic E-state index is 12.9. The normalized spacial score (nSPS) is 13.5. The van der Waals surface area contributed by atoms with Gasteiger partial charge in [0.15, 0.2) is 10.9 Å². The standard InChI is InChI=1S/C28H25ClN4O3S/c1-18-6-7-20(16-23(18)29)26(34)31-28(37)30-21-8-10-22(11-9-21)32-12-14-33(15-13-32)27(35)25-17-19-4-2-3-5-24(19)36-25/h2-11,16-17H,12-15H2,1H3,(H2,30,31,34,37). The lowest BCUT2D eigenvalue weighted by Crippen LogP contribution is -2.48. The fourth-order valence-corrected chi connectivity index (χ4v) is 4.63. The van der Waals surface area contributed by atoms with E-state index >= 15 is 0 Å². The number of hydrogen-bond acceptors (Lipinski definition) is 5. The highest BCUT2D eigenvalue weighted by molar-refractivity contribution is 7.80. The van der Waals surface area contributed by atoms with Gasteiger partial charge in [-0.15, -0.1) is 0 Å². The Balaban J connectivity index is 1.13. The number of hydrogen-bond donors (Lipinski definition) is 2. The third kappa shape index (κ3) is 5.60. The van der Waals surface area contributed by atoms with Crippen molar-refractivity contribution in [1.29, 1.82) is 0 Å². The number of carbonyl (C=O) groups is 2. The third-order valence-electron chi connectivity index (χ3n) is 6.35. The van der Waals surface area contributed by atoms with Gasteiger partial charge in [0.05, 0.1) is 0 Å². The number of piperazine rings is 1. The highest BCUT2D eigenvalue weighted by Crippen LogP contribution is 2.23. The molecule has 0 bridgehead atoms. The molecule has 0 saturated carbocycles. The molecule has 0 radical (unpaired) electrons. The molecule has 2 amide bonds. The fraction of sp³-hybridized carbons (Fsp3) is 0.179. The Hall–Kier alpha value is -3.88. The molecule has 0 spiro atoms. The molecule has 5 rings (SSSR count). The van der Waals surface area contributed by atoms with Crippen LogP contribution in [0.25, 0.3) is 11.0 Å². The summed E-state index contributed by atoms with van der Waals surface area (Å²) in [5, 5.41) is 7.37. The van der Waals surface area contributed by atoms with E-state index in [0.29, 0.717) is 42.5 Å². The van der Waals surface area contributed by atoms with E-state index in [9.17, 15) is 9.59 Å². The van der Waals surface area contributed by atoms with E-state index in [1.165, 1.54) is 0 Å². The number of halogens is 1. The lowest BCUT2D eigenvalue weighted by atomic mass is 10.1. The molecule has 1 saturated heterocycles. The Bertz CT molecular complexity index is 1440. The number of benzene rings is 3. The van der Waals surface area contributed by atoms with Gasteiger partial charge in [-0.25, -0.2) is 0 Å². The van der Waals surface area contributed by atoms with Crippen LogP contribution in [0.1, 0.15) is 26.5 Å². The van der Waals surface area contributed by atoms with E-state index in [1.54, 1.807) is 24.3 Å². The van der Waals surface area contributed by atoms with Gasteiger partial charge in [0.2, 0.25) is 0 Å². The molecule has 2 N–H and O–H groups in total. The van der Waals surface area contributed by atoms with Gasteiger partial charge in [-0.3, -0.25) is 14.9 Å². The number of nitrogens with one attached hydrogen (secondary N) is 2. The monoisotopic (exact) mass is 532 g/mol. The molecule has 1 fully saturated rings. The van der Waals surface area contributed by atoms with E-state index in [4.69, 9.17) is 28.2 Å². The van der Waals surface area contributed by atoms with Crippen LogP contribution < -0.4 is 15.5 Å². The number of para-hydroxylation sites is 1. The first-order chi connectivity index (χ1) is 17.9. The van der Waals surface area contributed by atoms with Crippen molar-refractivity contribution >= 4 is 63.1 Å². The SMILES string of the molecule is Cc1ccc(C(=O)NC(=S)Nc2ccc(N3CCN(C(=O)c4cc5ccccc5o4)CC3)cc2)cc1Cl. The van der Waals surface area contributed by atoms with Gasteiger partial charge < -0.3 is 19.5 Å². The average molecular weight is 533 g/mol. The first kappa shape index (κ1) is 24.8. The zero-order chi connectivity index (χ0) is 25.9. The van der Waals surface area contributed by atoms with Crippen LogP contribution in [0, 0.1) is 6.92 Å². The predicted octanol–water partition coefficient (Wildman–Crippen LogP) is 5.48. The van der Waals surface area contributed by atoms with Gasteiger partial charge in [0.1, 0.15) is 5.58 Å². The molecule has 1 aliphatic rings. The molecule has 2 heterocycles. The number of thiocarbonyl (C=S) groups is 1. The summed E-state index contributed by atoms with van der Waals surface area (Å²) in [7, 11) is 0. The number of fused-ring (bicyclic) bond motifs is 1. The van der Waals surface area contributed by atoms with Gasteiger partial charge in [-0.2, -0.15) is 0 Å². The second kappa shape index (κ2) is 10.6. The van der Waals surface area contributed by atoms with Crippen molar-refractivity contribution in [1.82, 2.24) is 10.2 Å². The Morgan fingerprint density at radius 1 is 0.946 bits per heavy atom. The van der Waals surface area contributed by atoms with Crippen LogP contribution in [-0.4, -0.2) is 48.0 Å². The maximum atomic E-state index is 12.9. The van der Waals surface area contributed by atoms with Gasteiger partial charge in [-0.1, -0.05) is 35.9 Å². The molecule has 1 aliphatic heterocycles. The summed E-state index contributed by atoms with van der Waals surface area (Å²) in [6.07, 6.45) is 0. The van der Waals surface area contributed by atoms with Crippen LogP contribution >= 0.6 is 23.8 Å². The largest absolute Gasteiger partial charge is 0.451 e. The Morgan fingerprint density at radius 3 is 2.38 bits per heavy atom. The van der Waals surface area contributed by atoms with Crippen molar-refractivity contribution < 1.29 is 14.0 Å².